The van der Waals surface area contributed by atoms with Gasteiger partial charge >= 0.3 is 0 Å². The maximum Gasteiger partial charge on any atom is 0.226 e. The smallest absolute Gasteiger partial charge is 0.226 e. The fraction of sp³-hybridized carbons (Fsp3) is 0.154. The SMILES string of the molecule is Cc1cnc(N)nc1Oc1ccc(CC#N)cc1. The Balaban J connectivity index is 2.18. The van der Waals surface area contributed by atoms with E-state index in [-0.39, 0.29) is 5.95 Å². The number of benzene rings is 1. The van der Waals surface area contributed by atoms with Gasteiger partial charge in [0.25, 0.3) is 0 Å². The van der Waals surface area contributed by atoms with E-state index in [1.807, 2.05) is 19.1 Å². The van der Waals surface area contributed by atoms with E-state index in [1.54, 1.807) is 18.3 Å². The highest BCUT2D eigenvalue weighted by Gasteiger charge is 2.04. The molecule has 2 rings (SSSR count). The fourth-order valence-electron chi connectivity index (χ4n) is 1.42. The number of hydrogen-bond donors (Lipinski definition) is 1. The van der Waals surface area contributed by atoms with Gasteiger partial charge in [0.15, 0.2) is 0 Å². The highest BCUT2D eigenvalue weighted by atomic mass is 16.5. The molecule has 0 spiro atoms. The summed E-state index contributed by atoms with van der Waals surface area (Å²) in [5, 5.41) is 8.58. The number of aromatic nitrogens is 2. The number of nitriles is 1. The van der Waals surface area contributed by atoms with E-state index < -0.39 is 0 Å². The maximum atomic E-state index is 8.58. The Bertz CT molecular complexity index is 587. The van der Waals surface area contributed by atoms with Crippen molar-refractivity contribution < 1.29 is 4.74 Å². The van der Waals surface area contributed by atoms with Gasteiger partial charge in [-0.2, -0.15) is 10.2 Å². The Hall–Kier alpha value is -2.61. The van der Waals surface area contributed by atoms with Crippen molar-refractivity contribution in [1.82, 2.24) is 9.97 Å². The van der Waals surface area contributed by atoms with Crippen molar-refractivity contribution in [2.75, 3.05) is 5.73 Å². The normalized spacial score (nSPS) is 9.78. The predicted molar refractivity (Wildman–Crippen MR) is 67.0 cm³/mol. The molecule has 0 radical (unpaired) electrons. The number of aryl methyl sites for hydroxylation is 1. The van der Waals surface area contributed by atoms with Crippen LogP contribution in [0.25, 0.3) is 0 Å². The monoisotopic (exact) mass is 240 g/mol. The molecule has 2 aromatic rings. The lowest BCUT2D eigenvalue weighted by molar-refractivity contribution is 0.458. The van der Waals surface area contributed by atoms with E-state index >= 15 is 0 Å². The van der Waals surface area contributed by atoms with Crippen molar-refractivity contribution in [3.8, 4) is 17.7 Å². The van der Waals surface area contributed by atoms with Crippen LogP contribution in [0.15, 0.2) is 30.5 Å². The summed E-state index contributed by atoms with van der Waals surface area (Å²) in [6.45, 7) is 1.85. The summed E-state index contributed by atoms with van der Waals surface area (Å²) in [6, 6.07) is 9.38. The van der Waals surface area contributed by atoms with Crippen LogP contribution in [0.2, 0.25) is 0 Å². The van der Waals surface area contributed by atoms with Crippen molar-refractivity contribution in [3.63, 3.8) is 0 Å². The third-order valence-electron chi connectivity index (χ3n) is 2.36. The van der Waals surface area contributed by atoms with Crippen molar-refractivity contribution in [1.29, 1.82) is 5.26 Å². The molecule has 90 valence electrons. The highest BCUT2D eigenvalue weighted by molar-refractivity contribution is 5.35. The van der Waals surface area contributed by atoms with E-state index in [2.05, 4.69) is 16.0 Å². The third kappa shape index (κ3) is 2.74. The molecule has 0 aliphatic carbocycles. The summed E-state index contributed by atoms with van der Waals surface area (Å²) in [7, 11) is 0. The van der Waals surface area contributed by atoms with Crippen LogP contribution in [0.4, 0.5) is 5.95 Å². The topological polar surface area (TPSA) is 84.8 Å². The minimum atomic E-state index is 0.178. The first-order valence-corrected chi connectivity index (χ1v) is 5.42. The number of rotatable bonds is 3. The molecule has 1 aromatic heterocycles. The first-order valence-electron chi connectivity index (χ1n) is 5.42. The van der Waals surface area contributed by atoms with Crippen LogP contribution in [0.1, 0.15) is 11.1 Å². The van der Waals surface area contributed by atoms with E-state index in [0.29, 0.717) is 18.1 Å². The molecule has 0 saturated heterocycles. The van der Waals surface area contributed by atoms with Crippen LogP contribution < -0.4 is 10.5 Å². The van der Waals surface area contributed by atoms with Gasteiger partial charge in [-0.1, -0.05) is 12.1 Å². The van der Waals surface area contributed by atoms with Crippen LogP contribution in [-0.2, 0) is 6.42 Å². The Kier molecular flexibility index (Phi) is 3.39. The van der Waals surface area contributed by atoms with Crippen molar-refractivity contribution in [2.45, 2.75) is 13.3 Å². The van der Waals surface area contributed by atoms with Gasteiger partial charge in [-0.3, -0.25) is 0 Å². The molecule has 2 N–H and O–H groups in total. The summed E-state index contributed by atoms with van der Waals surface area (Å²) in [5.41, 5.74) is 7.26. The van der Waals surface area contributed by atoms with Crippen LogP contribution in [-0.4, -0.2) is 9.97 Å². The fourth-order valence-corrected chi connectivity index (χ4v) is 1.42. The van der Waals surface area contributed by atoms with Gasteiger partial charge in [0.1, 0.15) is 5.75 Å². The number of hydrogen-bond acceptors (Lipinski definition) is 5. The molecule has 18 heavy (non-hydrogen) atoms. The molecule has 0 aliphatic rings. The molecular weight excluding hydrogens is 228 g/mol. The van der Waals surface area contributed by atoms with Crippen LogP contribution >= 0.6 is 0 Å². The highest BCUT2D eigenvalue weighted by Crippen LogP contribution is 2.23. The average molecular weight is 240 g/mol. The lowest BCUT2D eigenvalue weighted by atomic mass is 10.2. The molecular formula is C13H12N4O. The molecule has 1 aromatic carbocycles. The van der Waals surface area contributed by atoms with Crippen molar-refractivity contribution in [3.05, 3.63) is 41.6 Å². The number of nitrogen functional groups attached to an aromatic ring is 1. The van der Waals surface area contributed by atoms with Crippen LogP contribution in [0.5, 0.6) is 11.6 Å². The van der Waals surface area contributed by atoms with E-state index in [1.165, 1.54) is 0 Å². The zero-order chi connectivity index (χ0) is 13.0. The maximum absolute atomic E-state index is 8.58. The van der Waals surface area contributed by atoms with Gasteiger partial charge in [0.2, 0.25) is 11.8 Å². The summed E-state index contributed by atoms with van der Waals surface area (Å²) < 4.78 is 5.61. The number of ether oxygens (including phenoxy) is 1. The minimum Gasteiger partial charge on any atom is -0.439 e. The second-order valence-corrected chi connectivity index (χ2v) is 3.80. The Morgan fingerprint density at radius 3 is 2.72 bits per heavy atom. The first-order chi connectivity index (χ1) is 8.69. The summed E-state index contributed by atoms with van der Waals surface area (Å²) >= 11 is 0. The molecule has 0 unspecified atom stereocenters. The van der Waals surface area contributed by atoms with Gasteiger partial charge < -0.3 is 10.5 Å². The Labute approximate surface area is 105 Å². The zero-order valence-corrected chi connectivity index (χ0v) is 9.92. The van der Waals surface area contributed by atoms with E-state index in [4.69, 9.17) is 15.7 Å². The number of nitrogens with two attached hydrogens (primary N) is 1. The number of nitrogens with zero attached hydrogens (tertiary/aromatic N) is 3. The minimum absolute atomic E-state index is 0.178. The molecule has 5 nitrogen and oxygen atoms in total. The van der Waals surface area contributed by atoms with Gasteiger partial charge in [0, 0.05) is 11.8 Å². The zero-order valence-electron chi connectivity index (χ0n) is 9.92. The largest absolute Gasteiger partial charge is 0.439 e. The Morgan fingerprint density at radius 1 is 1.33 bits per heavy atom. The quantitative estimate of drug-likeness (QED) is 0.889. The molecule has 0 fully saturated rings. The molecule has 5 heteroatoms. The summed E-state index contributed by atoms with van der Waals surface area (Å²) in [5.74, 6) is 1.27. The van der Waals surface area contributed by atoms with Crippen LogP contribution in [0.3, 0.4) is 0 Å². The molecule has 0 aliphatic heterocycles. The van der Waals surface area contributed by atoms with Gasteiger partial charge in [0.05, 0.1) is 12.5 Å². The number of anilines is 1. The van der Waals surface area contributed by atoms with Crippen LogP contribution in [0, 0.1) is 18.3 Å². The van der Waals surface area contributed by atoms with E-state index in [9.17, 15) is 0 Å². The van der Waals surface area contributed by atoms with Gasteiger partial charge in [-0.15, -0.1) is 0 Å². The average Bonchev–Trinajstić information content (AvgIpc) is 2.37. The second-order valence-electron chi connectivity index (χ2n) is 3.80. The lowest BCUT2D eigenvalue weighted by Crippen LogP contribution is -1.98. The molecule has 0 bridgehead atoms. The summed E-state index contributed by atoms with van der Waals surface area (Å²) in [6.07, 6.45) is 2.00. The Morgan fingerprint density at radius 2 is 2.06 bits per heavy atom. The van der Waals surface area contributed by atoms with Crippen molar-refractivity contribution >= 4 is 5.95 Å². The van der Waals surface area contributed by atoms with Gasteiger partial charge in [-0.05, 0) is 24.6 Å². The lowest BCUT2D eigenvalue weighted by Gasteiger charge is -2.07. The molecule has 0 atom stereocenters. The molecule has 1 heterocycles. The summed E-state index contributed by atoms with van der Waals surface area (Å²) in [4.78, 5) is 7.89. The standard InChI is InChI=1S/C13H12N4O/c1-9-8-16-13(15)17-12(9)18-11-4-2-10(3-5-11)6-7-14/h2-5,8H,6H2,1H3,(H2,15,16,17). The molecule has 0 amide bonds. The second kappa shape index (κ2) is 5.15. The van der Waals surface area contributed by atoms with Gasteiger partial charge in [-0.25, -0.2) is 4.98 Å². The molecule has 0 saturated carbocycles. The first kappa shape index (κ1) is 11.9. The van der Waals surface area contributed by atoms with Crippen molar-refractivity contribution in [2.24, 2.45) is 0 Å². The third-order valence-corrected chi connectivity index (χ3v) is 2.36. The van der Waals surface area contributed by atoms with E-state index in [0.717, 1.165) is 11.1 Å². The predicted octanol–water partition coefficient (Wildman–Crippen LogP) is 2.23.